The first-order valence-corrected chi connectivity index (χ1v) is 5.22. The minimum Gasteiger partial charge on any atom is -0.369 e. The molecule has 2 heterocycles. The van der Waals surface area contributed by atoms with Crippen molar-refractivity contribution in [2.75, 3.05) is 5.73 Å². The summed E-state index contributed by atoms with van der Waals surface area (Å²) < 4.78 is 1.90. The summed E-state index contributed by atoms with van der Waals surface area (Å²) in [5.41, 5.74) is 5.94. The molecule has 5 heteroatoms. The summed E-state index contributed by atoms with van der Waals surface area (Å²) in [6, 6.07) is 1.75. The average Bonchev–Trinajstić information content (AvgIpc) is 2.62. The number of hydrogen-bond acceptors (Lipinski definition) is 3. The van der Waals surface area contributed by atoms with E-state index in [1.807, 2.05) is 16.8 Å². The van der Waals surface area contributed by atoms with E-state index < -0.39 is 0 Å². The Hall–Kier alpha value is -2.04. The first-order valence-electron chi connectivity index (χ1n) is 5.22. The number of H-pyrrole nitrogens is 1. The normalized spacial score (nSPS) is 11.6. The van der Waals surface area contributed by atoms with Crippen LogP contribution in [-0.4, -0.2) is 14.5 Å². The van der Waals surface area contributed by atoms with Gasteiger partial charge in [0.05, 0.1) is 5.39 Å². The molecule has 84 valence electrons. The van der Waals surface area contributed by atoms with E-state index in [-0.39, 0.29) is 11.5 Å². The van der Waals surface area contributed by atoms with Crippen LogP contribution in [-0.2, 0) is 6.54 Å². The summed E-state index contributed by atoms with van der Waals surface area (Å²) >= 11 is 0. The van der Waals surface area contributed by atoms with E-state index in [2.05, 4.69) is 23.0 Å². The maximum Gasteiger partial charge on any atom is 0.261 e. The summed E-state index contributed by atoms with van der Waals surface area (Å²) in [6.07, 6.45) is 6.95. The summed E-state index contributed by atoms with van der Waals surface area (Å²) in [5, 5.41) is 0.569. The molecule has 5 nitrogen and oxygen atoms in total. The highest BCUT2D eigenvalue weighted by molar-refractivity contribution is 5.75. The molecule has 0 bridgehead atoms. The second-order valence-corrected chi connectivity index (χ2v) is 3.54. The van der Waals surface area contributed by atoms with Crippen LogP contribution >= 0.6 is 0 Å². The number of nitrogen functional groups attached to an aromatic ring is 1. The number of fused-ring (bicyclic) bond motifs is 1. The Morgan fingerprint density at radius 3 is 3.12 bits per heavy atom. The number of aromatic amines is 1. The third-order valence-electron chi connectivity index (χ3n) is 2.35. The quantitative estimate of drug-likeness (QED) is 0.762. The van der Waals surface area contributed by atoms with Gasteiger partial charge in [-0.25, -0.2) is 0 Å². The van der Waals surface area contributed by atoms with Gasteiger partial charge in [0, 0.05) is 12.7 Å². The lowest BCUT2D eigenvalue weighted by Gasteiger charge is -2.00. The predicted octanol–water partition coefficient (Wildman–Crippen LogP) is 1.27. The molecule has 0 radical (unpaired) electrons. The Labute approximate surface area is 92.6 Å². The third kappa shape index (κ3) is 1.84. The average molecular weight is 218 g/mol. The summed E-state index contributed by atoms with van der Waals surface area (Å²) in [6.45, 7) is 2.78. The summed E-state index contributed by atoms with van der Waals surface area (Å²) in [7, 11) is 0. The molecule has 16 heavy (non-hydrogen) atoms. The van der Waals surface area contributed by atoms with Gasteiger partial charge in [0.25, 0.3) is 5.56 Å². The first-order chi connectivity index (χ1) is 7.72. The fourth-order valence-corrected chi connectivity index (χ4v) is 1.59. The fraction of sp³-hybridized carbons (Fsp3) is 0.273. The van der Waals surface area contributed by atoms with Crippen LogP contribution in [0.5, 0.6) is 0 Å². The Morgan fingerprint density at radius 1 is 1.56 bits per heavy atom. The zero-order valence-electron chi connectivity index (χ0n) is 9.10. The summed E-state index contributed by atoms with van der Waals surface area (Å²) in [5.74, 6) is 0.150. The van der Waals surface area contributed by atoms with E-state index in [4.69, 9.17) is 5.73 Å². The molecule has 0 aromatic carbocycles. The van der Waals surface area contributed by atoms with Gasteiger partial charge in [-0.15, -0.1) is 0 Å². The van der Waals surface area contributed by atoms with Gasteiger partial charge in [-0.2, -0.15) is 4.98 Å². The number of allylic oxidation sites excluding steroid dienone is 2. The van der Waals surface area contributed by atoms with Crippen LogP contribution in [0.4, 0.5) is 5.95 Å². The van der Waals surface area contributed by atoms with E-state index in [1.54, 1.807) is 6.07 Å². The maximum atomic E-state index is 11.5. The van der Waals surface area contributed by atoms with Crippen LogP contribution in [0.2, 0.25) is 0 Å². The zero-order chi connectivity index (χ0) is 11.5. The molecule has 0 atom stereocenters. The van der Waals surface area contributed by atoms with Gasteiger partial charge in [-0.3, -0.25) is 9.78 Å². The molecule has 0 spiro atoms. The highest BCUT2D eigenvalue weighted by Crippen LogP contribution is 2.09. The van der Waals surface area contributed by atoms with Gasteiger partial charge in [-0.1, -0.05) is 19.1 Å². The number of nitrogens with zero attached hydrogens (tertiary/aromatic N) is 2. The molecule has 0 saturated heterocycles. The maximum absolute atomic E-state index is 11.5. The van der Waals surface area contributed by atoms with Gasteiger partial charge in [0.15, 0.2) is 0 Å². The van der Waals surface area contributed by atoms with E-state index >= 15 is 0 Å². The molecule has 0 aliphatic rings. The minimum absolute atomic E-state index is 0.150. The number of anilines is 1. The van der Waals surface area contributed by atoms with Crippen LogP contribution in [0.1, 0.15) is 13.3 Å². The molecule has 2 aromatic heterocycles. The van der Waals surface area contributed by atoms with Crippen molar-refractivity contribution in [3.8, 4) is 0 Å². The summed E-state index contributed by atoms with van der Waals surface area (Å²) in [4.78, 5) is 18.1. The van der Waals surface area contributed by atoms with Gasteiger partial charge in [0.2, 0.25) is 5.95 Å². The largest absolute Gasteiger partial charge is 0.369 e. The van der Waals surface area contributed by atoms with Gasteiger partial charge in [-0.05, 0) is 12.5 Å². The van der Waals surface area contributed by atoms with E-state index in [1.165, 1.54) is 0 Å². The van der Waals surface area contributed by atoms with Crippen molar-refractivity contribution in [3.05, 3.63) is 34.8 Å². The highest BCUT2D eigenvalue weighted by atomic mass is 16.1. The molecule has 0 saturated carbocycles. The van der Waals surface area contributed by atoms with Gasteiger partial charge < -0.3 is 10.3 Å². The van der Waals surface area contributed by atoms with Crippen molar-refractivity contribution in [2.45, 2.75) is 19.9 Å². The number of nitrogens with one attached hydrogen (secondary N) is 1. The molecule has 3 N–H and O–H groups in total. The molecule has 0 fully saturated rings. The van der Waals surface area contributed by atoms with E-state index in [9.17, 15) is 4.79 Å². The van der Waals surface area contributed by atoms with Crippen molar-refractivity contribution in [2.24, 2.45) is 0 Å². The Morgan fingerprint density at radius 2 is 2.38 bits per heavy atom. The second-order valence-electron chi connectivity index (χ2n) is 3.54. The topological polar surface area (TPSA) is 76.7 Å². The van der Waals surface area contributed by atoms with E-state index in [0.29, 0.717) is 17.6 Å². The molecule has 2 rings (SSSR count). The second kappa shape index (κ2) is 4.22. The molecule has 0 unspecified atom stereocenters. The molecule has 2 aromatic rings. The third-order valence-corrected chi connectivity index (χ3v) is 2.35. The van der Waals surface area contributed by atoms with Crippen LogP contribution in [0.15, 0.2) is 29.2 Å². The lowest BCUT2D eigenvalue weighted by atomic mass is 10.4. The lowest BCUT2D eigenvalue weighted by Crippen LogP contribution is -2.11. The number of rotatable bonds is 3. The number of aromatic nitrogens is 3. The Kier molecular flexibility index (Phi) is 2.76. The Bertz CT molecular complexity index is 579. The standard InChI is InChI=1S/C11H14N4O/c1-2-3-4-6-15-7-5-8-9(15)13-11(12)14-10(8)16/h3-5,7H,2,6H2,1H3,(H3,12,13,14,16)/b4-3+. The van der Waals surface area contributed by atoms with Gasteiger partial charge in [0.1, 0.15) is 5.65 Å². The zero-order valence-corrected chi connectivity index (χ0v) is 9.10. The predicted molar refractivity (Wildman–Crippen MR) is 64.2 cm³/mol. The van der Waals surface area contributed by atoms with Crippen molar-refractivity contribution >= 4 is 17.0 Å². The van der Waals surface area contributed by atoms with Crippen LogP contribution in [0.3, 0.4) is 0 Å². The van der Waals surface area contributed by atoms with E-state index in [0.717, 1.165) is 6.42 Å². The monoisotopic (exact) mass is 218 g/mol. The first kappa shape index (κ1) is 10.5. The number of nitrogens with two attached hydrogens (primary N) is 1. The Balaban J connectivity index is 2.47. The van der Waals surface area contributed by atoms with Crippen molar-refractivity contribution < 1.29 is 0 Å². The number of hydrogen-bond donors (Lipinski definition) is 2. The molecule has 0 aliphatic heterocycles. The van der Waals surface area contributed by atoms with Crippen LogP contribution in [0, 0.1) is 0 Å². The molecule has 0 aliphatic carbocycles. The van der Waals surface area contributed by atoms with Crippen LogP contribution in [0.25, 0.3) is 11.0 Å². The van der Waals surface area contributed by atoms with Crippen molar-refractivity contribution in [1.82, 2.24) is 14.5 Å². The highest BCUT2D eigenvalue weighted by Gasteiger charge is 2.05. The molecular weight excluding hydrogens is 204 g/mol. The fourth-order valence-electron chi connectivity index (χ4n) is 1.59. The van der Waals surface area contributed by atoms with Crippen molar-refractivity contribution in [3.63, 3.8) is 0 Å². The smallest absolute Gasteiger partial charge is 0.261 e. The molecule has 0 amide bonds. The minimum atomic E-state index is -0.194. The molecular formula is C11H14N4O. The SMILES string of the molecule is CC/C=C/Cn1ccc2c(=O)[nH]c(N)nc21. The van der Waals surface area contributed by atoms with Gasteiger partial charge >= 0.3 is 0 Å². The van der Waals surface area contributed by atoms with Crippen LogP contribution < -0.4 is 11.3 Å². The lowest BCUT2D eigenvalue weighted by molar-refractivity contribution is 0.845. The van der Waals surface area contributed by atoms with Crippen molar-refractivity contribution in [1.29, 1.82) is 0 Å².